The fraction of sp³-hybridized carbons (Fsp3) is 0.0455. The Morgan fingerprint density at radius 3 is 2.66 bits per heavy atom. The summed E-state index contributed by atoms with van der Waals surface area (Å²) in [7, 11) is -3.66. The summed E-state index contributed by atoms with van der Waals surface area (Å²) in [6.45, 7) is 0.177. The van der Waals surface area contributed by atoms with Gasteiger partial charge >= 0.3 is 0 Å². The van der Waals surface area contributed by atoms with Crippen LogP contribution in [0.3, 0.4) is 0 Å². The van der Waals surface area contributed by atoms with E-state index in [1.807, 2.05) is 12.1 Å². The van der Waals surface area contributed by atoms with Crippen molar-refractivity contribution in [3.05, 3.63) is 77.6 Å². The van der Waals surface area contributed by atoms with E-state index in [2.05, 4.69) is 24.7 Å². The van der Waals surface area contributed by atoms with Crippen LogP contribution >= 0.6 is 11.3 Å². The van der Waals surface area contributed by atoms with Crippen LogP contribution in [-0.2, 0) is 16.6 Å². The molecule has 3 heterocycles. The van der Waals surface area contributed by atoms with Gasteiger partial charge in [-0.05, 0) is 54.1 Å². The van der Waals surface area contributed by atoms with Gasteiger partial charge in [-0.15, -0.1) is 11.3 Å². The summed E-state index contributed by atoms with van der Waals surface area (Å²) in [5, 5.41) is 11.2. The standard InChI is InChI=1S/C22H17N5O3S2/c28-22-17(20-18(27-22)5-6-19-21(20)31-13-25-19)12-24-15-1-3-16(4-2-15)32(29,30)26-11-14-7-9-23-10-8-14/h1-10,12-13,26-28H,11H2. The number of pyridine rings is 1. The number of aromatic nitrogens is 3. The second kappa shape index (κ2) is 8.15. The molecule has 0 amide bonds. The normalized spacial score (nSPS) is 12.2. The van der Waals surface area contributed by atoms with Crippen molar-refractivity contribution < 1.29 is 13.5 Å². The Bertz CT molecular complexity index is 1540. The Balaban J connectivity index is 1.38. The van der Waals surface area contributed by atoms with Crippen LogP contribution in [0.2, 0.25) is 0 Å². The molecular weight excluding hydrogens is 446 g/mol. The molecule has 8 nitrogen and oxygen atoms in total. The highest BCUT2D eigenvalue weighted by Gasteiger charge is 2.15. The fourth-order valence-corrected chi connectivity index (χ4v) is 5.22. The molecule has 160 valence electrons. The van der Waals surface area contributed by atoms with E-state index in [1.54, 1.807) is 48.4 Å². The van der Waals surface area contributed by atoms with Gasteiger partial charge in [-0.3, -0.25) is 9.98 Å². The first kappa shape index (κ1) is 20.3. The Labute approximate surface area is 187 Å². The highest BCUT2D eigenvalue weighted by molar-refractivity contribution is 7.89. The van der Waals surface area contributed by atoms with Crippen LogP contribution in [0.5, 0.6) is 5.88 Å². The van der Waals surface area contributed by atoms with Crippen molar-refractivity contribution in [1.29, 1.82) is 0 Å². The molecule has 5 aromatic rings. The smallest absolute Gasteiger partial charge is 0.240 e. The second-order valence-electron chi connectivity index (χ2n) is 7.01. The minimum Gasteiger partial charge on any atom is -0.494 e. The zero-order valence-electron chi connectivity index (χ0n) is 16.6. The van der Waals surface area contributed by atoms with E-state index in [0.717, 1.165) is 26.7 Å². The molecule has 3 aromatic heterocycles. The molecule has 2 aromatic carbocycles. The minimum absolute atomic E-state index is 0.0177. The highest BCUT2D eigenvalue weighted by Crippen LogP contribution is 2.34. The van der Waals surface area contributed by atoms with Crippen LogP contribution in [0.25, 0.3) is 21.1 Å². The lowest BCUT2D eigenvalue weighted by Crippen LogP contribution is -2.23. The molecule has 0 radical (unpaired) electrons. The third-order valence-electron chi connectivity index (χ3n) is 4.98. The summed E-state index contributed by atoms with van der Waals surface area (Å²) >= 11 is 1.49. The minimum atomic E-state index is -3.66. The van der Waals surface area contributed by atoms with Gasteiger partial charge < -0.3 is 10.1 Å². The molecule has 0 bridgehead atoms. The quantitative estimate of drug-likeness (QED) is 0.327. The number of thiazole rings is 1. The first-order valence-corrected chi connectivity index (χ1v) is 12.0. The van der Waals surface area contributed by atoms with E-state index >= 15 is 0 Å². The van der Waals surface area contributed by atoms with Gasteiger partial charge in [-0.1, -0.05) is 0 Å². The number of rotatable bonds is 6. The van der Waals surface area contributed by atoms with Crippen molar-refractivity contribution in [3.63, 3.8) is 0 Å². The van der Waals surface area contributed by atoms with Crippen LogP contribution in [0.1, 0.15) is 11.1 Å². The first-order valence-electron chi connectivity index (χ1n) is 9.61. The largest absolute Gasteiger partial charge is 0.494 e. The zero-order chi connectivity index (χ0) is 22.1. The van der Waals surface area contributed by atoms with Crippen LogP contribution in [0, 0.1) is 0 Å². The molecule has 0 saturated heterocycles. The molecule has 3 N–H and O–H groups in total. The predicted molar refractivity (Wildman–Crippen MR) is 125 cm³/mol. The summed E-state index contributed by atoms with van der Waals surface area (Å²) in [4.78, 5) is 15.8. The summed E-state index contributed by atoms with van der Waals surface area (Å²) in [6, 6.07) is 13.5. The van der Waals surface area contributed by atoms with E-state index in [1.165, 1.54) is 23.5 Å². The van der Waals surface area contributed by atoms with E-state index < -0.39 is 10.0 Å². The number of aromatic hydroxyl groups is 1. The molecule has 10 heteroatoms. The Morgan fingerprint density at radius 1 is 1.09 bits per heavy atom. The molecule has 0 aliphatic rings. The Kier molecular flexibility index (Phi) is 5.17. The number of hydrogen-bond acceptors (Lipinski definition) is 7. The second-order valence-corrected chi connectivity index (χ2v) is 9.63. The number of nitrogens with zero attached hydrogens (tertiary/aromatic N) is 3. The van der Waals surface area contributed by atoms with E-state index in [4.69, 9.17) is 0 Å². The van der Waals surface area contributed by atoms with Crippen LogP contribution in [0.15, 0.2) is 76.3 Å². The lowest BCUT2D eigenvalue weighted by atomic mass is 10.1. The number of nitrogens with one attached hydrogen (secondary N) is 2. The van der Waals surface area contributed by atoms with Crippen LogP contribution < -0.4 is 4.72 Å². The molecule has 0 saturated carbocycles. The van der Waals surface area contributed by atoms with Gasteiger partial charge in [0, 0.05) is 30.5 Å². The van der Waals surface area contributed by atoms with Crippen molar-refractivity contribution in [2.75, 3.05) is 0 Å². The molecular formula is C22H17N5O3S2. The highest BCUT2D eigenvalue weighted by atomic mass is 32.2. The summed E-state index contributed by atoms with van der Waals surface area (Å²) < 4.78 is 28.6. The monoisotopic (exact) mass is 463 g/mol. The van der Waals surface area contributed by atoms with Gasteiger partial charge in [-0.25, -0.2) is 18.1 Å². The maximum atomic E-state index is 12.5. The average molecular weight is 464 g/mol. The summed E-state index contributed by atoms with van der Waals surface area (Å²) in [5.74, 6) is 0.0177. The van der Waals surface area contributed by atoms with Crippen LogP contribution in [0.4, 0.5) is 5.69 Å². The first-order chi connectivity index (χ1) is 15.5. The van der Waals surface area contributed by atoms with E-state index in [-0.39, 0.29) is 17.3 Å². The number of hydrogen-bond donors (Lipinski definition) is 3. The van der Waals surface area contributed by atoms with Crippen molar-refractivity contribution in [2.24, 2.45) is 4.99 Å². The molecule has 32 heavy (non-hydrogen) atoms. The van der Waals surface area contributed by atoms with Gasteiger partial charge in [0.15, 0.2) is 5.88 Å². The Hall–Kier alpha value is -3.60. The summed E-state index contributed by atoms with van der Waals surface area (Å²) in [6.07, 6.45) is 4.79. The van der Waals surface area contributed by atoms with Gasteiger partial charge in [0.1, 0.15) is 0 Å². The van der Waals surface area contributed by atoms with Gasteiger partial charge in [-0.2, -0.15) is 0 Å². The molecule has 0 aliphatic carbocycles. The van der Waals surface area contributed by atoms with Gasteiger partial charge in [0.2, 0.25) is 10.0 Å². The SMILES string of the molecule is O=S(=O)(NCc1ccncc1)c1ccc(N=Cc2c(O)[nH]c3ccc4ncsc4c23)cc1. The van der Waals surface area contributed by atoms with Crippen molar-refractivity contribution in [1.82, 2.24) is 19.7 Å². The Morgan fingerprint density at radius 2 is 1.88 bits per heavy atom. The average Bonchev–Trinajstić information content (AvgIpc) is 3.41. The van der Waals surface area contributed by atoms with Crippen molar-refractivity contribution in [2.45, 2.75) is 11.4 Å². The lowest BCUT2D eigenvalue weighted by Gasteiger charge is -2.07. The molecule has 0 atom stereocenters. The summed E-state index contributed by atoms with van der Waals surface area (Å²) in [5.41, 5.74) is 5.34. The molecule has 0 spiro atoms. The number of aromatic amines is 1. The lowest BCUT2D eigenvalue weighted by molar-refractivity contribution is 0.457. The zero-order valence-corrected chi connectivity index (χ0v) is 18.2. The third-order valence-corrected chi connectivity index (χ3v) is 7.26. The van der Waals surface area contributed by atoms with E-state index in [9.17, 15) is 13.5 Å². The third kappa shape index (κ3) is 3.86. The maximum Gasteiger partial charge on any atom is 0.240 e. The number of benzene rings is 2. The van der Waals surface area contributed by atoms with E-state index in [0.29, 0.717) is 11.3 Å². The van der Waals surface area contributed by atoms with Gasteiger partial charge in [0.25, 0.3) is 0 Å². The van der Waals surface area contributed by atoms with Crippen molar-refractivity contribution in [3.8, 4) is 5.88 Å². The number of aliphatic imine (C=N–C) groups is 1. The number of H-pyrrole nitrogens is 1. The fourth-order valence-electron chi connectivity index (χ4n) is 3.35. The topological polar surface area (TPSA) is 120 Å². The number of sulfonamides is 1. The molecule has 0 unspecified atom stereocenters. The van der Waals surface area contributed by atoms with Crippen molar-refractivity contribution >= 4 is 54.4 Å². The number of fused-ring (bicyclic) bond motifs is 3. The molecule has 0 fully saturated rings. The molecule has 5 rings (SSSR count). The predicted octanol–water partition coefficient (Wildman–Crippen LogP) is 4.11. The van der Waals surface area contributed by atoms with Gasteiger partial charge in [0.05, 0.1) is 37.4 Å². The molecule has 0 aliphatic heterocycles. The maximum absolute atomic E-state index is 12.5. The van der Waals surface area contributed by atoms with Crippen LogP contribution in [-0.4, -0.2) is 34.7 Å².